The van der Waals surface area contributed by atoms with Gasteiger partial charge in [-0.2, -0.15) is 0 Å². The minimum absolute atomic E-state index is 0.0409. The fourth-order valence-electron chi connectivity index (χ4n) is 3.16. The summed E-state index contributed by atoms with van der Waals surface area (Å²) in [6.45, 7) is 4.24. The maximum Gasteiger partial charge on any atom is 0.223 e. The van der Waals surface area contributed by atoms with Gasteiger partial charge in [0.05, 0.1) is 6.04 Å². The number of hydrogen-bond acceptors (Lipinski definition) is 4. The number of hydrogen-bond donors (Lipinski definition) is 1. The number of aliphatic hydroxyl groups is 1. The van der Waals surface area contributed by atoms with Crippen LogP contribution in [0.1, 0.15) is 48.7 Å². The first kappa shape index (κ1) is 14.1. The van der Waals surface area contributed by atoms with Gasteiger partial charge >= 0.3 is 0 Å². The maximum absolute atomic E-state index is 12.1. The van der Waals surface area contributed by atoms with E-state index in [0.717, 1.165) is 12.7 Å². The molecule has 2 aliphatic rings. The number of benzene rings is 1. The van der Waals surface area contributed by atoms with Crippen LogP contribution in [0, 0.1) is 0 Å². The number of fused-ring (bicyclic) bond motifs is 1. The van der Waals surface area contributed by atoms with Crippen LogP contribution < -0.4 is 4.74 Å². The molecule has 2 atom stereocenters. The topological polar surface area (TPSA) is 66.8 Å². The van der Waals surface area contributed by atoms with E-state index in [4.69, 9.17) is 4.74 Å². The molecule has 21 heavy (non-hydrogen) atoms. The highest BCUT2D eigenvalue weighted by Gasteiger charge is 2.47. The summed E-state index contributed by atoms with van der Waals surface area (Å²) in [6, 6.07) is 4.67. The molecule has 1 aromatic carbocycles. The van der Waals surface area contributed by atoms with Crippen LogP contribution in [0.15, 0.2) is 18.2 Å². The van der Waals surface area contributed by atoms with E-state index < -0.39 is 17.7 Å². The molecular formula is C16H19NO4. The average Bonchev–Trinajstić information content (AvgIpc) is 2.86. The fourth-order valence-corrected chi connectivity index (χ4v) is 3.16. The number of amides is 1. The van der Waals surface area contributed by atoms with Gasteiger partial charge in [0.1, 0.15) is 23.7 Å². The van der Waals surface area contributed by atoms with E-state index in [1.165, 1.54) is 0 Å². The quantitative estimate of drug-likeness (QED) is 0.841. The van der Waals surface area contributed by atoms with Gasteiger partial charge < -0.3 is 14.7 Å². The third-order valence-electron chi connectivity index (χ3n) is 4.32. The lowest BCUT2D eigenvalue weighted by Crippen LogP contribution is -2.53. The Morgan fingerprint density at radius 2 is 2.19 bits per heavy atom. The standard InChI is InChI=1S/C16H19NO4/c1-16(2)15(20)14(17-7-3-4-13(17)19)11-8-10(9-18)5-6-12(11)21-16/h5-6,8-9,14-15,20H,3-4,7H2,1-2H3/t14?,15-/m0/s1. The van der Waals surface area contributed by atoms with Crippen LogP contribution >= 0.6 is 0 Å². The van der Waals surface area contributed by atoms with Gasteiger partial charge in [0, 0.05) is 24.1 Å². The van der Waals surface area contributed by atoms with Gasteiger partial charge in [-0.15, -0.1) is 0 Å². The Morgan fingerprint density at radius 3 is 2.81 bits per heavy atom. The summed E-state index contributed by atoms with van der Waals surface area (Å²) in [4.78, 5) is 24.8. The Kier molecular flexibility index (Phi) is 3.24. The lowest BCUT2D eigenvalue weighted by atomic mass is 9.85. The molecule has 0 radical (unpaired) electrons. The number of carbonyl (C=O) groups is 2. The van der Waals surface area contributed by atoms with E-state index in [2.05, 4.69) is 0 Å². The summed E-state index contributed by atoms with van der Waals surface area (Å²) >= 11 is 0. The van der Waals surface area contributed by atoms with E-state index in [1.54, 1.807) is 23.1 Å². The highest BCUT2D eigenvalue weighted by atomic mass is 16.5. The van der Waals surface area contributed by atoms with E-state index in [9.17, 15) is 14.7 Å². The van der Waals surface area contributed by atoms with E-state index in [1.807, 2.05) is 13.8 Å². The molecule has 0 spiro atoms. The molecule has 1 fully saturated rings. The van der Waals surface area contributed by atoms with Crippen molar-refractivity contribution < 1.29 is 19.4 Å². The van der Waals surface area contributed by atoms with Crippen LogP contribution in [0.5, 0.6) is 5.75 Å². The van der Waals surface area contributed by atoms with E-state index in [0.29, 0.717) is 29.8 Å². The molecule has 0 aromatic heterocycles. The lowest BCUT2D eigenvalue weighted by molar-refractivity contribution is -0.139. The molecule has 2 heterocycles. The average molecular weight is 289 g/mol. The first-order valence-electron chi connectivity index (χ1n) is 7.20. The van der Waals surface area contributed by atoms with Gasteiger partial charge in [-0.3, -0.25) is 9.59 Å². The SMILES string of the molecule is CC1(C)Oc2ccc(C=O)cc2C(N2CCCC2=O)[C@@H]1O. The number of ether oxygens (including phenoxy) is 1. The Labute approximate surface area is 123 Å². The van der Waals surface area contributed by atoms with Crippen LogP contribution in [-0.4, -0.2) is 40.4 Å². The van der Waals surface area contributed by atoms with Crippen molar-refractivity contribution in [2.75, 3.05) is 6.54 Å². The molecule has 2 aliphatic heterocycles. The van der Waals surface area contributed by atoms with Crippen molar-refractivity contribution in [3.8, 4) is 5.75 Å². The molecule has 1 saturated heterocycles. The van der Waals surface area contributed by atoms with Crippen molar-refractivity contribution in [1.29, 1.82) is 0 Å². The number of rotatable bonds is 2. The molecule has 1 N–H and O–H groups in total. The molecule has 0 saturated carbocycles. The van der Waals surface area contributed by atoms with Gasteiger partial charge in [-0.05, 0) is 38.5 Å². The Balaban J connectivity index is 2.12. The zero-order valence-electron chi connectivity index (χ0n) is 12.2. The predicted molar refractivity (Wildman–Crippen MR) is 76.2 cm³/mol. The molecule has 1 unspecified atom stereocenters. The predicted octanol–water partition coefficient (Wildman–Crippen LogP) is 1.69. The molecule has 1 amide bonds. The second kappa shape index (κ2) is 4.84. The monoisotopic (exact) mass is 289 g/mol. The minimum Gasteiger partial charge on any atom is -0.485 e. The Hall–Kier alpha value is -1.88. The van der Waals surface area contributed by atoms with Gasteiger partial charge in [0.2, 0.25) is 5.91 Å². The second-order valence-corrected chi connectivity index (χ2v) is 6.20. The summed E-state index contributed by atoms with van der Waals surface area (Å²) in [5, 5.41) is 10.7. The minimum atomic E-state index is -0.839. The number of nitrogens with zero attached hydrogens (tertiary/aromatic N) is 1. The van der Waals surface area contributed by atoms with Crippen molar-refractivity contribution in [1.82, 2.24) is 4.90 Å². The zero-order chi connectivity index (χ0) is 15.2. The summed E-state index contributed by atoms with van der Waals surface area (Å²) in [6.07, 6.45) is 1.23. The third-order valence-corrected chi connectivity index (χ3v) is 4.32. The van der Waals surface area contributed by atoms with Crippen molar-refractivity contribution >= 4 is 12.2 Å². The normalized spacial score (nSPS) is 27.2. The summed E-state index contributed by atoms with van der Waals surface area (Å²) in [5.41, 5.74) is 0.436. The van der Waals surface area contributed by atoms with Gasteiger partial charge in [-0.1, -0.05) is 0 Å². The molecule has 1 aromatic rings. The number of carbonyl (C=O) groups excluding carboxylic acids is 2. The second-order valence-electron chi connectivity index (χ2n) is 6.20. The largest absolute Gasteiger partial charge is 0.485 e. The zero-order valence-corrected chi connectivity index (χ0v) is 12.2. The van der Waals surface area contributed by atoms with Crippen molar-refractivity contribution in [3.63, 3.8) is 0 Å². The van der Waals surface area contributed by atoms with Crippen LogP contribution in [0.3, 0.4) is 0 Å². The first-order valence-corrected chi connectivity index (χ1v) is 7.20. The number of aldehydes is 1. The van der Waals surface area contributed by atoms with E-state index >= 15 is 0 Å². The smallest absolute Gasteiger partial charge is 0.223 e. The maximum atomic E-state index is 12.1. The van der Waals surface area contributed by atoms with Crippen LogP contribution in [0.25, 0.3) is 0 Å². The highest BCUT2D eigenvalue weighted by Crippen LogP contribution is 2.44. The Bertz CT molecular complexity index is 596. The number of likely N-dealkylation sites (tertiary alicyclic amines) is 1. The lowest BCUT2D eigenvalue weighted by Gasteiger charge is -2.45. The summed E-state index contributed by atoms with van der Waals surface area (Å²) < 4.78 is 5.85. The molecule has 5 nitrogen and oxygen atoms in total. The number of aliphatic hydroxyl groups excluding tert-OH is 1. The molecular weight excluding hydrogens is 270 g/mol. The van der Waals surface area contributed by atoms with Crippen molar-refractivity contribution in [3.05, 3.63) is 29.3 Å². The van der Waals surface area contributed by atoms with Gasteiger partial charge in [0.15, 0.2) is 0 Å². The molecule has 0 aliphatic carbocycles. The molecule has 5 heteroatoms. The van der Waals surface area contributed by atoms with E-state index in [-0.39, 0.29) is 5.91 Å². The van der Waals surface area contributed by atoms with Crippen molar-refractivity contribution in [2.45, 2.75) is 44.4 Å². The highest BCUT2D eigenvalue weighted by molar-refractivity contribution is 5.80. The van der Waals surface area contributed by atoms with Gasteiger partial charge in [-0.25, -0.2) is 0 Å². The molecule has 0 bridgehead atoms. The Morgan fingerprint density at radius 1 is 1.43 bits per heavy atom. The summed E-state index contributed by atoms with van der Waals surface area (Å²) in [7, 11) is 0. The van der Waals surface area contributed by atoms with Crippen LogP contribution in [0.2, 0.25) is 0 Å². The van der Waals surface area contributed by atoms with Crippen molar-refractivity contribution in [2.24, 2.45) is 0 Å². The van der Waals surface area contributed by atoms with Crippen LogP contribution in [-0.2, 0) is 4.79 Å². The first-order chi connectivity index (χ1) is 9.94. The summed E-state index contributed by atoms with van der Waals surface area (Å²) in [5.74, 6) is 0.666. The molecule has 3 rings (SSSR count). The third kappa shape index (κ3) is 2.21. The van der Waals surface area contributed by atoms with Gasteiger partial charge in [0.25, 0.3) is 0 Å². The van der Waals surface area contributed by atoms with Crippen LogP contribution in [0.4, 0.5) is 0 Å². The molecule has 112 valence electrons. The fraction of sp³-hybridized carbons (Fsp3) is 0.500.